The SMILES string of the molecule is O=S(=O)([O-])C(F)(F)F.[Ag+].[Ag+].c1ccc(-c2cc(-c3ccccc3)c(-c3ccccc3)c([O][Ge]([O]c3c(-c4ccccc4)c(-c4ccccc4)cc(-c4ccccc4)c3-c3ccccc3)[O]c3c(-c4ccccc4)c(-c4ccccc4)cc(-c4ccccc4)c3-c3ccccc3)c2-c2ccccc2)cc1.c1ccccc1.c1ccccc1.c1ccccc1.c1ccccc1. The van der Waals surface area contributed by atoms with Gasteiger partial charge >= 0.3 is 610 Å². The van der Waals surface area contributed by atoms with Gasteiger partial charge < -0.3 is 4.55 Å². The van der Waals surface area contributed by atoms with Crippen LogP contribution in [0.4, 0.5) is 13.2 Å². The maximum Gasteiger partial charge on any atom is -0.0623 e. The Morgan fingerprint density at radius 1 is 0.188 bits per heavy atom. The van der Waals surface area contributed by atoms with Gasteiger partial charge in [0.15, 0.2) is 10.1 Å². The van der Waals surface area contributed by atoms with Crippen LogP contribution in [-0.4, -0.2) is 33.8 Å². The third-order valence-corrected chi connectivity index (χ3v) is 23.1. The van der Waals surface area contributed by atoms with Crippen molar-refractivity contribution in [3.05, 3.63) is 528 Å². The molecule has 0 saturated heterocycles. The smallest absolute Gasteiger partial charge is 0.0623 e. The molecule has 1 radical (unpaired) electrons. The van der Waals surface area contributed by atoms with Crippen molar-refractivity contribution < 1.29 is 82.2 Å². The fourth-order valence-corrected chi connectivity index (χ4v) is 17.2. The van der Waals surface area contributed by atoms with Crippen LogP contribution in [0.5, 0.6) is 17.2 Å². The summed E-state index contributed by atoms with van der Waals surface area (Å²) in [4.78, 5) is 0. The summed E-state index contributed by atoms with van der Waals surface area (Å²) in [5.41, 5.74) is 17.9. The van der Waals surface area contributed by atoms with E-state index < -0.39 is 31.0 Å². The summed E-state index contributed by atoms with van der Waals surface area (Å²) in [6.45, 7) is 0. The molecule has 0 aliphatic rings. The Hall–Kier alpha value is -13.7. The fourth-order valence-electron chi connectivity index (χ4n) is 14.6. The van der Waals surface area contributed by atoms with Crippen LogP contribution in [0, 0.1) is 0 Å². The fraction of sp³-hybridized carbons (Fsp3) is 0.00870. The van der Waals surface area contributed by atoms with Crippen LogP contribution in [0.1, 0.15) is 0 Å². The van der Waals surface area contributed by atoms with Gasteiger partial charge in [0.1, 0.15) is 0 Å². The first kappa shape index (κ1) is 93.5. The number of hydrogen-bond acceptors (Lipinski definition) is 6. The first-order valence-electron chi connectivity index (χ1n) is 41.2. The van der Waals surface area contributed by atoms with E-state index in [0.29, 0.717) is 17.2 Å². The van der Waals surface area contributed by atoms with E-state index >= 15 is 0 Å². The Kier molecular flexibility index (Phi) is 35.1. The Morgan fingerprint density at radius 3 is 0.383 bits per heavy atom. The molecule has 0 spiro atoms. The number of benzene rings is 19. The summed E-state index contributed by atoms with van der Waals surface area (Å²) >= 11 is -4.50. The predicted octanol–water partition coefficient (Wildman–Crippen LogP) is 31.0. The monoisotopic (exact) mass is 1940 g/mol. The summed E-state index contributed by atoms with van der Waals surface area (Å²) in [5, 5.41) is 0. The predicted molar refractivity (Wildman–Crippen MR) is 514 cm³/mol. The number of hydrogen-bond donors (Lipinski definition) is 0. The summed E-state index contributed by atoms with van der Waals surface area (Å²) in [6, 6.07) is 183. The zero-order chi connectivity index (χ0) is 86.8. The molecule has 128 heavy (non-hydrogen) atoms. The van der Waals surface area contributed by atoms with Crippen molar-refractivity contribution in [3.8, 4) is 151 Å². The van der Waals surface area contributed by atoms with E-state index in [1.165, 1.54) is 0 Å². The first-order valence-corrected chi connectivity index (χ1v) is 45.1. The van der Waals surface area contributed by atoms with Crippen LogP contribution in [0.15, 0.2) is 528 Å². The van der Waals surface area contributed by atoms with E-state index in [4.69, 9.17) is 24.3 Å². The maximum atomic E-state index is 10.7. The van der Waals surface area contributed by atoms with Gasteiger partial charge in [0, 0.05) is 0 Å². The van der Waals surface area contributed by atoms with Crippen molar-refractivity contribution in [1.29, 1.82) is 0 Å². The second-order valence-electron chi connectivity index (χ2n) is 28.6. The van der Waals surface area contributed by atoms with E-state index in [1.807, 2.05) is 146 Å². The standard InChI is InChI=1S/C90H63GeO3.4C6H6.CHF3O3S.2Ag/c1-13-37-64(38-14-1)76-61-77(65-39-15-2-16-40-65)83(71-51-27-8-28-52-71)88(82(76)70-49-25-7-26-50-70)92-91(93-89-84(72-53-29-9-30-54-72)78(66-41-17-3-18-42-66)62-79(67-43-19-4-20-44-67)85(89)73-55-31-10-32-56-73)94-90-86(74-57-33-11-34-58-74)80(68-45-21-5-22-46-68)63-81(69-47-23-6-24-48-69)87(90)75-59-35-12-36-60-75;4*1-2-4-6-5-3-1;2-1(3,4)8(5,6)7;;/h1-63H;4*1-6H;(H,5,6,7);;/q;;;;;;2*+1/p-1. The van der Waals surface area contributed by atoms with Gasteiger partial charge in [-0.3, -0.25) is 0 Å². The minimum absolute atomic E-state index is 0. The van der Waals surface area contributed by atoms with Crippen molar-refractivity contribution in [2.45, 2.75) is 5.51 Å². The zero-order valence-corrected chi connectivity index (χ0v) is 75.2. The third-order valence-electron chi connectivity index (χ3n) is 20.2. The van der Waals surface area contributed by atoms with Crippen LogP contribution in [0.3, 0.4) is 0 Å². The largest absolute Gasteiger partial charge is 0.0623 e. The van der Waals surface area contributed by atoms with Gasteiger partial charge in [0.25, 0.3) is 0 Å². The van der Waals surface area contributed by atoms with Gasteiger partial charge in [-0.05, 0) is 0 Å². The van der Waals surface area contributed by atoms with Crippen molar-refractivity contribution in [1.82, 2.24) is 0 Å². The molecule has 0 heterocycles. The molecule has 19 aromatic carbocycles. The molecule has 0 aromatic heterocycles. The van der Waals surface area contributed by atoms with Gasteiger partial charge in [0.05, 0.1) is 0 Å². The molecule has 0 aliphatic carbocycles. The van der Waals surface area contributed by atoms with E-state index in [1.54, 1.807) is 0 Å². The van der Waals surface area contributed by atoms with E-state index in [9.17, 15) is 13.2 Å². The molecule has 13 heteroatoms. The molecule has 0 unspecified atom stereocenters. The Labute approximate surface area is 784 Å². The maximum absolute atomic E-state index is 10.7. The van der Waals surface area contributed by atoms with Crippen molar-refractivity contribution in [2.75, 3.05) is 0 Å². The van der Waals surface area contributed by atoms with Crippen molar-refractivity contribution in [2.24, 2.45) is 0 Å². The topological polar surface area (TPSA) is 84.9 Å². The average Bonchev–Trinajstić information content (AvgIpc) is 0.738. The zero-order valence-electron chi connectivity index (χ0n) is 69.3. The Balaban J connectivity index is 0.000000367. The average molecular weight is 1940 g/mol. The molecule has 0 N–H and O–H groups in total. The van der Waals surface area contributed by atoms with Gasteiger partial charge in [-0.1, -0.05) is 146 Å². The molecule has 19 rings (SSSR count). The Bertz CT molecular complexity index is 5550. The molecular formula is C115H87Ag2F3GeO6S+. The van der Waals surface area contributed by atoms with Gasteiger partial charge in [-0.25, -0.2) is 8.42 Å². The van der Waals surface area contributed by atoms with Crippen molar-refractivity contribution >= 4 is 25.5 Å². The molecule has 0 fully saturated rings. The van der Waals surface area contributed by atoms with Crippen LogP contribution in [0.2, 0.25) is 0 Å². The van der Waals surface area contributed by atoms with Crippen LogP contribution in [0.25, 0.3) is 134 Å². The molecule has 6 nitrogen and oxygen atoms in total. The van der Waals surface area contributed by atoms with E-state index in [2.05, 4.69) is 382 Å². The minimum atomic E-state index is -6.09. The quantitative estimate of drug-likeness (QED) is 0.0483. The molecular weight excluding hydrogens is 1850 g/mol. The van der Waals surface area contributed by atoms with Crippen LogP contribution < -0.4 is 11.3 Å². The second kappa shape index (κ2) is 48.1. The number of rotatable bonds is 18. The van der Waals surface area contributed by atoms with E-state index in [0.717, 1.165) is 134 Å². The first-order chi connectivity index (χ1) is 61.9. The minimum Gasteiger partial charge on any atom is -0.0623 e. The van der Waals surface area contributed by atoms with Gasteiger partial charge in [-0.2, -0.15) is 13.2 Å². The summed E-state index contributed by atoms with van der Waals surface area (Å²) in [6.07, 6.45) is 0. The summed E-state index contributed by atoms with van der Waals surface area (Å²) in [5.74, 6) is 1.92. The number of alkyl halides is 3. The normalized spacial score (nSPS) is 10.5. The third kappa shape index (κ3) is 25.1. The molecule has 0 bridgehead atoms. The van der Waals surface area contributed by atoms with Crippen LogP contribution >= 0.6 is 0 Å². The second-order valence-corrected chi connectivity index (χ2v) is 32.3. The van der Waals surface area contributed by atoms with Gasteiger partial charge in [0.2, 0.25) is 0 Å². The molecule has 0 atom stereocenters. The van der Waals surface area contributed by atoms with Gasteiger partial charge in [-0.15, -0.1) is 0 Å². The van der Waals surface area contributed by atoms with Crippen LogP contribution in [-0.2, 0) is 54.9 Å². The van der Waals surface area contributed by atoms with Crippen molar-refractivity contribution in [3.63, 3.8) is 0 Å². The van der Waals surface area contributed by atoms with E-state index in [-0.39, 0.29) is 44.8 Å². The summed E-state index contributed by atoms with van der Waals surface area (Å²) in [7, 11) is -6.09. The molecule has 19 aromatic rings. The molecule has 0 aliphatic heterocycles. The number of halogens is 3. The summed E-state index contributed by atoms with van der Waals surface area (Å²) < 4.78 is 84.7. The molecule has 635 valence electrons. The molecule has 0 amide bonds. The molecule has 0 saturated carbocycles. The Morgan fingerprint density at radius 2 is 0.281 bits per heavy atom.